The Morgan fingerprint density at radius 3 is 2.36 bits per heavy atom. The van der Waals surface area contributed by atoms with Crippen LogP contribution in [0.15, 0.2) is 0 Å². The van der Waals surface area contributed by atoms with Gasteiger partial charge in [-0.1, -0.05) is 13.3 Å². The van der Waals surface area contributed by atoms with Crippen LogP contribution in [0.1, 0.15) is 40.0 Å². The highest BCUT2D eigenvalue weighted by molar-refractivity contribution is 4.85. The number of hydrogen-bond donors (Lipinski definition) is 0. The molecule has 1 nitrogen and oxygen atoms in total. The maximum absolute atomic E-state index is 13.3. The summed E-state index contributed by atoms with van der Waals surface area (Å²) in [6, 6.07) is 2.02. The molecule has 1 atom stereocenters. The predicted octanol–water partition coefficient (Wildman–Crippen LogP) is 3.06. The standard InChI is InChI=1S/C9H16FN/c1-4-5-8(6-7-11)9(2,3)10/h8H,4-6H2,1-3H3. The molecule has 11 heavy (non-hydrogen) atoms. The van der Waals surface area contributed by atoms with Crippen molar-refractivity contribution in [3.8, 4) is 6.07 Å². The molecule has 0 fully saturated rings. The van der Waals surface area contributed by atoms with Gasteiger partial charge < -0.3 is 0 Å². The van der Waals surface area contributed by atoms with Gasteiger partial charge >= 0.3 is 0 Å². The van der Waals surface area contributed by atoms with Crippen LogP contribution in [0.2, 0.25) is 0 Å². The topological polar surface area (TPSA) is 23.8 Å². The second kappa shape index (κ2) is 4.33. The van der Waals surface area contributed by atoms with Crippen molar-refractivity contribution < 1.29 is 4.39 Å². The summed E-state index contributed by atoms with van der Waals surface area (Å²) in [5, 5.41) is 8.41. The second-order valence-electron chi connectivity index (χ2n) is 3.41. The maximum atomic E-state index is 13.3. The third-order valence-corrected chi connectivity index (χ3v) is 1.95. The van der Waals surface area contributed by atoms with Gasteiger partial charge in [0.2, 0.25) is 0 Å². The molecule has 1 unspecified atom stereocenters. The fourth-order valence-electron chi connectivity index (χ4n) is 1.15. The van der Waals surface area contributed by atoms with Gasteiger partial charge in [0.25, 0.3) is 0 Å². The summed E-state index contributed by atoms with van der Waals surface area (Å²) in [6.45, 7) is 5.10. The van der Waals surface area contributed by atoms with E-state index in [9.17, 15) is 4.39 Å². The summed E-state index contributed by atoms with van der Waals surface area (Å²) in [5.74, 6) is -0.0995. The number of nitriles is 1. The van der Waals surface area contributed by atoms with Gasteiger partial charge in [0.05, 0.1) is 6.07 Å². The Labute approximate surface area is 68.2 Å². The molecule has 0 aliphatic heterocycles. The van der Waals surface area contributed by atoms with Crippen molar-refractivity contribution in [2.75, 3.05) is 0 Å². The monoisotopic (exact) mass is 157 g/mol. The second-order valence-corrected chi connectivity index (χ2v) is 3.41. The lowest BCUT2D eigenvalue weighted by atomic mass is 9.86. The minimum atomic E-state index is -1.20. The molecule has 0 aromatic heterocycles. The largest absolute Gasteiger partial charge is 0.244 e. The highest BCUT2D eigenvalue weighted by Gasteiger charge is 2.27. The first-order valence-electron chi connectivity index (χ1n) is 4.08. The predicted molar refractivity (Wildman–Crippen MR) is 43.8 cm³/mol. The van der Waals surface area contributed by atoms with E-state index in [0.717, 1.165) is 12.8 Å². The van der Waals surface area contributed by atoms with Crippen LogP contribution in [0, 0.1) is 17.2 Å². The summed E-state index contributed by atoms with van der Waals surface area (Å²) < 4.78 is 13.3. The van der Waals surface area contributed by atoms with Crippen LogP contribution in [0.3, 0.4) is 0 Å². The van der Waals surface area contributed by atoms with Gasteiger partial charge in [-0.2, -0.15) is 5.26 Å². The average Bonchev–Trinajstić information content (AvgIpc) is 1.85. The smallest absolute Gasteiger partial charge is 0.109 e. The molecule has 2 heteroatoms. The van der Waals surface area contributed by atoms with Gasteiger partial charge in [-0.3, -0.25) is 0 Å². The Morgan fingerprint density at radius 2 is 2.09 bits per heavy atom. The molecule has 0 spiro atoms. The van der Waals surface area contributed by atoms with Crippen molar-refractivity contribution in [3.05, 3.63) is 0 Å². The fourth-order valence-corrected chi connectivity index (χ4v) is 1.15. The molecule has 0 aliphatic rings. The van der Waals surface area contributed by atoms with Crippen LogP contribution in [0.25, 0.3) is 0 Å². The van der Waals surface area contributed by atoms with Gasteiger partial charge in [0.15, 0.2) is 0 Å². The minimum absolute atomic E-state index is 0.0995. The molecule has 0 aromatic rings. The van der Waals surface area contributed by atoms with E-state index in [1.54, 1.807) is 13.8 Å². The Kier molecular flexibility index (Phi) is 4.10. The van der Waals surface area contributed by atoms with Crippen LogP contribution in [0.5, 0.6) is 0 Å². The van der Waals surface area contributed by atoms with Crippen LogP contribution < -0.4 is 0 Å². The first kappa shape index (κ1) is 10.4. The summed E-state index contributed by atoms with van der Waals surface area (Å²) in [6.07, 6.45) is 2.08. The van der Waals surface area contributed by atoms with Gasteiger partial charge in [0, 0.05) is 12.3 Å². The first-order chi connectivity index (χ1) is 5.02. The lowest BCUT2D eigenvalue weighted by Gasteiger charge is -2.24. The highest BCUT2D eigenvalue weighted by Crippen LogP contribution is 2.27. The molecule has 64 valence electrons. The van der Waals surface area contributed by atoms with Gasteiger partial charge in [-0.15, -0.1) is 0 Å². The number of halogens is 1. The Balaban J connectivity index is 4.01. The Morgan fingerprint density at radius 1 is 1.55 bits per heavy atom. The van der Waals surface area contributed by atoms with Gasteiger partial charge in [0.1, 0.15) is 5.67 Å². The van der Waals surface area contributed by atoms with Crippen molar-refractivity contribution in [2.24, 2.45) is 5.92 Å². The van der Waals surface area contributed by atoms with E-state index in [2.05, 4.69) is 0 Å². The maximum Gasteiger partial charge on any atom is 0.109 e. The molecule has 0 radical (unpaired) electrons. The van der Waals surface area contributed by atoms with E-state index < -0.39 is 5.67 Å². The first-order valence-corrected chi connectivity index (χ1v) is 4.08. The zero-order chi connectivity index (χ0) is 8.91. The van der Waals surface area contributed by atoms with Crippen LogP contribution >= 0.6 is 0 Å². The van der Waals surface area contributed by atoms with Gasteiger partial charge in [-0.05, 0) is 20.3 Å². The zero-order valence-corrected chi connectivity index (χ0v) is 7.52. The lowest BCUT2D eigenvalue weighted by Crippen LogP contribution is -2.25. The third-order valence-electron chi connectivity index (χ3n) is 1.95. The number of nitrogens with zero attached hydrogens (tertiary/aromatic N) is 1. The molecule has 0 aromatic carbocycles. The molecule has 0 rings (SSSR count). The highest BCUT2D eigenvalue weighted by atomic mass is 19.1. The summed E-state index contributed by atoms with van der Waals surface area (Å²) in [5.41, 5.74) is -1.20. The van der Waals surface area contributed by atoms with E-state index in [4.69, 9.17) is 5.26 Å². The van der Waals surface area contributed by atoms with Crippen molar-refractivity contribution in [1.82, 2.24) is 0 Å². The fraction of sp³-hybridized carbons (Fsp3) is 0.889. The van der Waals surface area contributed by atoms with E-state index in [1.165, 1.54) is 0 Å². The molecule has 0 aliphatic carbocycles. The van der Waals surface area contributed by atoms with Crippen molar-refractivity contribution in [3.63, 3.8) is 0 Å². The van der Waals surface area contributed by atoms with E-state index >= 15 is 0 Å². The van der Waals surface area contributed by atoms with Crippen LogP contribution in [-0.2, 0) is 0 Å². The van der Waals surface area contributed by atoms with E-state index in [1.807, 2.05) is 13.0 Å². The minimum Gasteiger partial charge on any atom is -0.244 e. The molecule has 0 bridgehead atoms. The summed E-state index contributed by atoms with van der Waals surface area (Å²) in [7, 11) is 0. The molecule has 0 N–H and O–H groups in total. The lowest BCUT2D eigenvalue weighted by molar-refractivity contribution is 0.119. The zero-order valence-electron chi connectivity index (χ0n) is 7.52. The average molecular weight is 157 g/mol. The van der Waals surface area contributed by atoms with Crippen molar-refractivity contribution in [2.45, 2.75) is 45.7 Å². The molecular weight excluding hydrogens is 141 g/mol. The number of alkyl halides is 1. The Hall–Kier alpha value is -0.580. The SMILES string of the molecule is CCCC(CC#N)C(C)(C)F. The van der Waals surface area contributed by atoms with Gasteiger partial charge in [-0.25, -0.2) is 4.39 Å². The molecule has 0 heterocycles. The summed E-state index contributed by atoms with van der Waals surface area (Å²) in [4.78, 5) is 0. The molecule has 0 saturated carbocycles. The number of rotatable bonds is 4. The van der Waals surface area contributed by atoms with E-state index in [-0.39, 0.29) is 5.92 Å². The van der Waals surface area contributed by atoms with Crippen molar-refractivity contribution in [1.29, 1.82) is 5.26 Å². The Bertz CT molecular complexity index is 141. The third kappa shape index (κ3) is 3.98. The van der Waals surface area contributed by atoms with Crippen LogP contribution in [-0.4, -0.2) is 5.67 Å². The molecular formula is C9H16FN. The van der Waals surface area contributed by atoms with Crippen molar-refractivity contribution >= 4 is 0 Å². The molecule has 0 amide bonds. The number of hydrogen-bond acceptors (Lipinski definition) is 1. The quantitative estimate of drug-likeness (QED) is 0.615. The summed E-state index contributed by atoms with van der Waals surface area (Å²) >= 11 is 0. The van der Waals surface area contributed by atoms with Crippen LogP contribution in [0.4, 0.5) is 4.39 Å². The molecule has 0 saturated heterocycles. The normalized spacial score (nSPS) is 14.1. The van der Waals surface area contributed by atoms with E-state index in [0.29, 0.717) is 6.42 Å².